The molecule has 1 fully saturated rings. The van der Waals surface area contributed by atoms with Gasteiger partial charge in [0, 0.05) is 24.7 Å². The second-order valence-electron chi connectivity index (χ2n) is 10.1. The summed E-state index contributed by atoms with van der Waals surface area (Å²) >= 11 is 0. The third kappa shape index (κ3) is 3.37. The van der Waals surface area contributed by atoms with Gasteiger partial charge in [0.1, 0.15) is 11.9 Å². The standard InChI is InChI=1S/C25H32BNO3/c1-17-15-27(16-19-8-6-7-9-23(19)28-17)22-13-11-18-10-12-20(14-21(18)22)26-29-24(2,3)25(4,5)30-26/h6-10,12,14,17,22H,11,13,15-16H2,1-5H3/t17-,22?/m1/s1. The fraction of sp³-hybridized carbons (Fsp3) is 0.520. The molecule has 2 heterocycles. The van der Waals surface area contributed by atoms with Crippen LogP contribution in [0.4, 0.5) is 0 Å². The molecule has 2 aliphatic heterocycles. The number of fused-ring (bicyclic) bond motifs is 2. The first kappa shape index (κ1) is 20.1. The summed E-state index contributed by atoms with van der Waals surface area (Å²) in [6, 6.07) is 15.6. The highest BCUT2D eigenvalue weighted by Crippen LogP contribution is 2.40. The second kappa shape index (κ2) is 7.11. The van der Waals surface area contributed by atoms with Gasteiger partial charge in [-0.1, -0.05) is 36.4 Å². The van der Waals surface area contributed by atoms with Gasteiger partial charge in [-0.05, 0) is 70.1 Å². The van der Waals surface area contributed by atoms with E-state index in [9.17, 15) is 0 Å². The van der Waals surface area contributed by atoms with Crippen LogP contribution in [0.1, 0.15) is 63.8 Å². The minimum atomic E-state index is -0.322. The van der Waals surface area contributed by atoms with Crippen LogP contribution in [-0.2, 0) is 22.3 Å². The Morgan fingerprint density at radius 1 is 0.967 bits per heavy atom. The molecule has 2 atom stereocenters. The average Bonchev–Trinajstić information content (AvgIpc) is 3.13. The van der Waals surface area contributed by atoms with Gasteiger partial charge in [0.05, 0.1) is 11.2 Å². The minimum absolute atomic E-state index is 0.170. The topological polar surface area (TPSA) is 30.9 Å². The lowest BCUT2D eigenvalue weighted by Gasteiger charge is -2.32. The molecular formula is C25H32BNO3. The number of ether oxygens (including phenoxy) is 1. The van der Waals surface area contributed by atoms with Crippen molar-refractivity contribution in [1.82, 2.24) is 4.90 Å². The van der Waals surface area contributed by atoms with E-state index >= 15 is 0 Å². The highest BCUT2D eigenvalue weighted by atomic mass is 16.7. The molecule has 30 heavy (non-hydrogen) atoms. The van der Waals surface area contributed by atoms with Crippen LogP contribution < -0.4 is 10.2 Å². The molecular weight excluding hydrogens is 373 g/mol. The van der Waals surface area contributed by atoms with Crippen LogP contribution in [-0.4, -0.2) is 35.9 Å². The number of nitrogens with zero attached hydrogens (tertiary/aromatic N) is 1. The maximum atomic E-state index is 6.32. The highest BCUT2D eigenvalue weighted by Gasteiger charge is 2.52. The Morgan fingerprint density at radius 3 is 2.47 bits per heavy atom. The third-order valence-corrected chi connectivity index (χ3v) is 7.35. The van der Waals surface area contributed by atoms with Crippen molar-refractivity contribution in [3.05, 3.63) is 59.2 Å². The Balaban J connectivity index is 1.44. The largest absolute Gasteiger partial charge is 0.494 e. The van der Waals surface area contributed by atoms with Gasteiger partial charge in [0.15, 0.2) is 0 Å². The number of para-hydroxylation sites is 1. The molecule has 1 unspecified atom stereocenters. The van der Waals surface area contributed by atoms with Gasteiger partial charge < -0.3 is 14.0 Å². The van der Waals surface area contributed by atoms with Gasteiger partial charge in [-0.3, -0.25) is 4.90 Å². The number of aryl methyl sites for hydroxylation is 1. The summed E-state index contributed by atoms with van der Waals surface area (Å²) in [5.74, 6) is 1.02. The zero-order valence-corrected chi connectivity index (χ0v) is 18.8. The van der Waals surface area contributed by atoms with Crippen LogP contribution in [0.2, 0.25) is 0 Å². The summed E-state index contributed by atoms with van der Waals surface area (Å²) in [5.41, 5.74) is 4.63. The maximum absolute atomic E-state index is 6.32. The summed E-state index contributed by atoms with van der Waals surface area (Å²) < 4.78 is 18.8. The summed E-state index contributed by atoms with van der Waals surface area (Å²) in [6.07, 6.45) is 2.44. The first-order valence-corrected chi connectivity index (χ1v) is 11.2. The van der Waals surface area contributed by atoms with E-state index in [1.807, 2.05) is 0 Å². The normalized spacial score (nSPS) is 27.3. The molecule has 0 radical (unpaired) electrons. The molecule has 0 spiro atoms. The monoisotopic (exact) mass is 405 g/mol. The Morgan fingerprint density at radius 2 is 1.70 bits per heavy atom. The zero-order chi connectivity index (χ0) is 21.1. The highest BCUT2D eigenvalue weighted by molar-refractivity contribution is 6.62. The van der Waals surface area contributed by atoms with Crippen molar-refractivity contribution in [2.75, 3.05) is 6.54 Å². The molecule has 3 aliphatic rings. The van der Waals surface area contributed by atoms with Crippen LogP contribution in [0, 0.1) is 0 Å². The second-order valence-corrected chi connectivity index (χ2v) is 10.1. The minimum Gasteiger partial charge on any atom is -0.489 e. The van der Waals surface area contributed by atoms with Gasteiger partial charge in [-0.15, -0.1) is 0 Å². The van der Waals surface area contributed by atoms with E-state index in [0.29, 0.717) is 6.04 Å². The Kier molecular flexibility index (Phi) is 4.77. The third-order valence-electron chi connectivity index (χ3n) is 7.35. The number of rotatable bonds is 2. The van der Waals surface area contributed by atoms with Gasteiger partial charge in [-0.2, -0.15) is 0 Å². The lowest BCUT2D eigenvalue weighted by atomic mass is 9.77. The predicted molar refractivity (Wildman–Crippen MR) is 120 cm³/mol. The molecule has 0 amide bonds. The molecule has 5 heteroatoms. The summed E-state index contributed by atoms with van der Waals surface area (Å²) in [7, 11) is -0.311. The lowest BCUT2D eigenvalue weighted by molar-refractivity contribution is 0.00578. The molecule has 5 rings (SSSR count). The predicted octanol–water partition coefficient (Wildman–Crippen LogP) is 4.26. The van der Waals surface area contributed by atoms with E-state index in [2.05, 4.69) is 82.0 Å². The first-order valence-electron chi connectivity index (χ1n) is 11.2. The Labute approximate surface area is 180 Å². The molecule has 0 saturated carbocycles. The van der Waals surface area contributed by atoms with E-state index in [-0.39, 0.29) is 24.4 Å². The van der Waals surface area contributed by atoms with Crippen molar-refractivity contribution < 1.29 is 14.0 Å². The maximum Gasteiger partial charge on any atom is 0.494 e. The summed E-state index contributed by atoms with van der Waals surface area (Å²) in [6.45, 7) is 12.5. The average molecular weight is 405 g/mol. The van der Waals surface area contributed by atoms with E-state index < -0.39 is 0 Å². The zero-order valence-electron chi connectivity index (χ0n) is 18.8. The molecule has 0 N–H and O–H groups in total. The molecule has 1 saturated heterocycles. The van der Waals surface area contributed by atoms with Crippen molar-refractivity contribution >= 4 is 12.6 Å². The fourth-order valence-corrected chi connectivity index (χ4v) is 4.96. The SMILES string of the molecule is C[C@@H]1CN(C2CCc3ccc(B4OC(C)(C)C(C)(C)O4)cc32)Cc2ccccc2O1. The van der Waals surface area contributed by atoms with Gasteiger partial charge in [0.25, 0.3) is 0 Å². The number of hydrogen-bond acceptors (Lipinski definition) is 4. The van der Waals surface area contributed by atoms with Crippen LogP contribution in [0.5, 0.6) is 5.75 Å². The summed E-state index contributed by atoms with van der Waals surface area (Å²) in [5, 5.41) is 0. The first-order chi connectivity index (χ1) is 14.2. The van der Waals surface area contributed by atoms with Crippen LogP contribution in [0.25, 0.3) is 0 Å². The lowest BCUT2D eigenvalue weighted by Crippen LogP contribution is -2.41. The molecule has 2 aromatic carbocycles. The van der Waals surface area contributed by atoms with E-state index in [0.717, 1.165) is 37.1 Å². The molecule has 0 bridgehead atoms. The number of benzene rings is 2. The smallest absolute Gasteiger partial charge is 0.489 e. The van der Waals surface area contributed by atoms with E-state index in [4.69, 9.17) is 14.0 Å². The molecule has 0 aromatic heterocycles. The van der Waals surface area contributed by atoms with E-state index in [1.165, 1.54) is 16.7 Å². The molecule has 4 nitrogen and oxygen atoms in total. The fourth-order valence-electron chi connectivity index (χ4n) is 4.96. The van der Waals surface area contributed by atoms with Crippen LogP contribution in [0.3, 0.4) is 0 Å². The van der Waals surface area contributed by atoms with Gasteiger partial charge in [0.2, 0.25) is 0 Å². The molecule has 1 aliphatic carbocycles. The quantitative estimate of drug-likeness (QED) is 0.699. The molecule has 158 valence electrons. The van der Waals surface area contributed by atoms with Crippen molar-refractivity contribution in [2.45, 2.75) is 77.4 Å². The molecule has 2 aromatic rings. The van der Waals surface area contributed by atoms with Crippen molar-refractivity contribution in [3.63, 3.8) is 0 Å². The van der Waals surface area contributed by atoms with Crippen LogP contribution in [0.15, 0.2) is 42.5 Å². The van der Waals surface area contributed by atoms with Gasteiger partial charge in [-0.25, -0.2) is 0 Å². The Bertz CT molecular complexity index is 941. The number of hydrogen-bond donors (Lipinski definition) is 0. The van der Waals surface area contributed by atoms with Crippen molar-refractivity contribution in [3.8, 4) is 5.75 Å². The van der Waals surface area contributed by atoms with Crippen molar-refractivity contribution in [2.24, 2.45) is 0 Å². The van der Waals surface area contributed by atoms with E-state index in [1.54, 1.807) is 0 Å². The summed E-state index contributed by atoms with van der Waals surface area (Å²) in [4.78, 5) is 2.59. The van der Waals surface area contributed by atoms with Gasteiger partial charge >= 0.3 is 7.12 Å². The Hall–Kier alpha value is -1.82. The van der Waals surface area contributed by atoms with Crippen molar-refractivity contribution in [1.29, 1.82) is 0 Å². The van der Waals surface area contributed by atoms with Crippen LogP contribution >= 0.6 is 0 Å².